The average molecular weight is 598 g/mol. The fraction of sp³-hybridized carbons (Fsp3) is 0.267. The Kier molecular flexibility index (Phi) is 9.86. The molecule has 1 fully saturated rings. The van der Waals surface area contributed by atoms with Gasteiger partial charge in [0.05, 0.1) is 22.5 Å². The molecule has 0 aromatic heterocycles. The van der Waals surface area contributed by atoms with Crippen LogP contribution >= 0.6 is 23.2 Å². The van der Waals surface area contributed by atoms with Gasteiger partial charge >= 0.3 is 12.1 Å². The van der Waals surface area contributed by atoms with Gasteiger partial charge in [0.1, 0.15) is 6.61 Å². The Morgan fingerprint density at radius 2 is 1.68 bits per heavy atom. The molecule has 1 aliphatic heterocycles. The van der Waals surface area contributed by atoms with Crippen molar-refractivity contribution in [2.24, 2.45) is 0 Å². The number of aryl methyl sites for hydroxylation is 1. The number of amides is 3. The molecule has 0 bridgehead atoms. The molecule has 0 spiro atoms. The van der Waals surface area contributed by atoms with Gasteiger partial charge in [-0.1, -0.05) is 83.4 Å². The highest BCUT2D eigenvalue weighted by atomic mass is 35.5. The average Bonchev–Trinajstić information content (AvgIpc) is 2.96. The highest BCUT2D eigenvalue weighted by Gasteiger charge is 2.42. The van der Waals surface area contributed by atoms with Crippen LogP contribution in [0.15, 0.2) is 72.8 Å². The van der Waals surface area contributed by atoms with Crippen LogP contribution in [0, 0.1) is 6.92 Å². The van der Waals surface area contributed by atoms with E-state index < -0.39 is 42.5 Å². The molecule has 3 aromatic carbocycles. The van der Waals surface area contributed by atoms with E-state index in [1.165, 1.54) is 28.0 Å². The number of carboxylic acids is 1. The summed E-state index contributed by atoms with van der Waals surface area (Å²) >= 11 is 12.2. The van der Waals surface area contributed by atoms with Crippen molar-refractivity contribution in [3.8, 4) is 0 Å². The minimum Gasteiger partial charge on any atom is -0.481 e. The number of ether oxygens (including phenoxy) is 1. The van der Waals surface area contributed by atoms with Gasteiger partial charge in [0.2, 0.25) is 0 Å². The lowest BCUT2D eigenvalue weighted by Crippen LogP contribution is -2.63. The summed E-state index contributed by atoms with van der Waals surface area (Å²) in [5.74, 6) is -2.39. The Bertz CT molecular complexity index is 1430. The molecular formula is C30H29Cl2N3O6. The molecule has 1 aliphatic rings. The van der Waals surface area contributed by atoms with Crippen molar-refractivity contribution in [2.45, 2.75) is 38.6 Å². The number of carbonyl (C=O) groups excluding carboxylic acids is 3. The van der Waals surface area contributed by atoms with Gasteiger partial charge in [-0.15, -0.1) is 0 Å². The van der Waals surface area contributed by atoms with Crippen LogP contribution in [0.1, 0.15) is 45.9 Å². The predicted molar refractivity (Wildman–Crippen MR) is 154 cm³/mol. The van der Waals surface area contributed by atoms with Crippen LogP contribution in [0.4, 0.5) is 4.79 Å². The van der Waals surface area contributed by atoms with Gasteiger partial charge in [-0.05, 0) is 42.7 Å². The molecule has 0 saturated carbocycles. The maximum absolute atomic E-state index is 13.9. The number of carbonyl (C=O) groups is 4. The van der Waals surface area contributed by atoms with Crippen LogP contribution in [-0.4, -0.2) is 58.0 Å². The normalized spacial score (nSPS) is 15.6. The fourth-order valence-electron chi connectivity index (χ4n) is 4.67. The second-order valence-electron chi connectivity index (χ2n) is 9.66. The topological polar surface area (TPSA) is 116 Å². The van der Waals surface area contributed by atoms with Gasteiger partial charge in [0.25, 0.3) is 11.8 Å². The summed E-state index contributed by atoms with van der Waals surface area (Å²) in [7, 11) is 0. The smallest absolute Gasteiger partial charge is 0.412 e. The van der Waals surface area contributed by atoms with Crippen molar-refractivity contribution in [3.63, 3.8) is 0 Å². The second kappa shape index (κ2) is 13.5. The number of aliphatic carboxylic acids is 1. The number of rotatable bonds is 8. The summed E-state index contributed by atoms with van der Waals surface area (Å²) in [6.45, 7) is 2.13. The summed E-state index contributed by atoms with van der Waals surface area (Å²) in [4.78, 5) is 55.1. The molecule has 4 rings (SSSR count). The van der Waals surface area contributed by atoms with Gasteiger partial charge in [-0.2, -0.15) is 0 Å². The molecule has 3 amide bonds. The summed E-state index contributed by atoms with van der Waals surface area (Å²) in [5, 5.41) is 12.8. The Balaban J connectivity index is 1.66. The first-order chi connectivity index (χ1) is 19.6. The van der Waals surface area contributed by atoms with E-state index in [4.69, 9.17) is 27.9 Å². The molecule has 2 N–H and O–H groups in total. The Labute approximate surface area is 247 Å². The standard InChI is InChI=1S/C30H29Cl2N3O6/c1-19-7-5-10-21(15-19)25(17-26(36)37)33-27(38)28-34(29(39)22-11-12-23(31)24(32)16-22)13-6-14-35(28)30(40)41-18-20-8-3-2-4-9-20/h2-5,7-12,15-16,25,28H,6,13-14,17-18H2,1H3,(H,33,38)(H,36,37). The largest absolute Gasteiger partial charge is 0.481 e. The van der Waals surface area contributed by atoms with E-state index in [-0.39, 0.29) is 35.3 Å². The molecule has 2 atom stereocenters. The lowest BCUT2D eigenvalue weighted by Gasteiger charge is -2.42. The molecule has 9 nitrogen and oxygen atoms in total. The quantitative estimate of drug-likeness (QED) is 0.357. The molecule has 214 valence electrons. The van der Waals surface area contributed by atoms with Crippen LogP contribution < -0.4 is 5.32 Å². The maximum Gasteiger partial charge on any atom is 0.412 e. The van der Waals surface area contributed by atoms with E-state index >= 15 is 0 Å². The van der Waals surface area contributed by atoms with Gasteiger partial charge in [-0.3, -0.25) is 19.3 Å². The van der Waals surface area contributed by atoms with Crippen LogP contribution in [0.5, 0.6) is 0 Å². The van der Waals surface area contributed by atoms with Crippen molar-refractivity contribution in [2.75, 3.05) is 13.1 Å². The highest BCUT2D eigenvalue weighted by molar-refractivity contribution is 6.42. The van der Waals surface area contributed by atoms with Crippen molar-refractivity contribution >= 4 is 47.1 Å². The number of nitrogens with zero attached hydrogens (tertiary/aromatic N) is 2. The number of halogens is 2. The third-order valence-corrected chi connectivity index (χ3v) is 7.37. The minimum atomic E-state index is -1.41. The van der Waals surface area contributed by atoms with E-state index in [1.807, 2.05) is 31.2 Å². The molecule has 0 radical (unpaired) electrons. The number of nitrogens with one attached hydrogen (secondary N) is 1. The van der Waals surface area contributed by atoms with Gasteiger partial charge in [0, 0.05) is 18.7 Å². The third-order valence-electron chi connectivity index (χ3n) is 6.63. The Hall–Kier alpha value is -4.08. The molecule has 3 aromatic rings. The molecule has 11 heteroatoms. The predicted octanol–water partition coefficient (Wildman–Crippen LogP) is 5.44. The van der Waals surface area contributed by atoms with Crippen molar-refractivity contribution < 1.29 is 29.0 Å². The summed E-state index contributed by atoms with van der Waals surface area (Å²) in [6, 6.07) is 19.6. The van der Waals surface area contributed by atoms with E-state index in [0.717, 1.165) is 11.1 Å². The van der Waals surface area contributed by atoms with Crippen molar-refractivity contribution in [3.05, 3.63) is 105 Å². The van der Waals surface area contributed by atoms with E-state index in [0.29, 0.717) is 12.0 Å². The zero-order chi connectivity index (χ0) is 29.5. The molecule has 1 heterocycles. The molecule has 2 unspecified atom stereocenters. The summed E-state index contributed by atoms with van der Waals surface area (Å²) in [6.07, 6.45) is -2.21. The lowest BCUT2D eigenvalue weighted by molar-refractivity contribution is -0.139. The van der Waals surface area contributed by atoms with E-state index in [1.54, 1.807) is 30.3 Å². The van der Waals surface area contributed by atoms with Crippen LogP contribution in [0.2, 0.25) is 10.0 Å². The molecule has 0 aliphatic carbocycles. The lowest BCUT2D eigenvalue weighted by atomic mass is 10.0. The first-order valence-electron chi connectivity index (χ1n) is 13.0. The number of hydrogen-bond donors (Lipinski definition) is 2. The monoisotopic (exact) mass is 597 g/mol. The van der Waals surface area contributed by atoms with Gasteiger partial charge < -0.3 is 20.1 Å². The number of benzene rings is 3. The first kappa shape index (κ1) is 29.9. The van der Waals surface area contributed by atoms with Crippen LogP contribution in [0.3, 0.4) is 0 Å². The molecule has 41 heavy (non-hydrogen) atoms. The SMILES string of the molecule is Cc1cccc(C(CC(=O)O)NC(=O)C2N(C(=O)OCc3ccccc3)CCCN2C(=O)c2ccc(Cl)c(Cl)c2)c1. The summed E-state index contributed by atoms with van der Waals surface area (Å²) in [5.41, 5.74) is 2.39. The second-order valence-corrected chi connectivity index (χ2v) is 10.5. The third kappa shape index (κ3) is 7.56. The van der Waals surface area contributed by atoms with Crippen LogP contribution in [0.25, 0.3) is 0 Å². The van der Waals surface area contributed by atoms with Gasteiger partial charge in [-0.25, -0.2) is 4.79 Å². The highest BCUT2D eigenvalue weighted by Crippen LogP contribution is 2.26. The molecule has 1 saturated heterocycles. The van der Waals surface area contributed by atoms with E-state index in [2.05, 4.69) is 5.32 Å². The summed E-state index contributed by atoms with van der Waals surface area (Å²) < 4.78 is 5.52. The Morgan fingerprint density at radius 1 is 0.951 bits per heavy atom. The minimum absolute atomic E-state index is 0.0316. The Morgan fingerprint density at radius 3 is 2.37 bits per heavy atom. The first-order valence-corrected chi connectivity index (χ1v) is 13.7. The van der Waals surface area contributed by atoms with Crippen molar-refractivity contribution in [1.82, 2.24) is 15.1 Å². The fourth-order valence-corrected chi connectivity index (χ4v) is 4.97. The van der Waals surface area contributed by atoms with Crippen LogP contribution in [-0.2, 0) is 20.9 Å². The zero-order valence-corrected chi connectivity index (χ0v) is 23.8. The number of hydrogen-bond acceptors (Lipinski definition) is 5. The number of carboxylic acid groups (broad SMARTS) is 1. The molecular weight excluding hydrogens is 569 g/mol. The van der Waals surface area contributed by atoms with E-state index in [9.17, 15) is 24.3 Å². The maximum atomic E-state index is 13.9. The van der Waals surface area contributed by atoms with Gasteiger partial charge in [0.15, 0.2) is 6.17 Å². The van der Waals surface area contributed by atoms with Crippen molar-refractivity contribution in [1.29, 1.82) is 0 Å². The zero-order valence-electron chi connectivity index (χ0n) is 22.3.